The lowest BCUT2D eigenvalue weighted by Crippen LogP contribution is -2.47. The second kappa shape index (κ2) is 6.71. The van der Waals surface area contributed by atoms with E-state index in [0.29, 0.717) is 23.5 Å². The van der Waals surface area contributed by atoms with Crippen molar-refractivity contribution in [2.24, 2.45) is 5.92 Å². The lowest BCUT2D eigenvalue weighted by molar-refractivity contribution is 0.137. The monoisotopic (exact) mass is 282 g/mol. The van der Waals surface area contributed by atoms with Crippen molar-refractivity contribution in [3.05, 3.63) is 34.9 Å². The van der Waals surface area contributed by atoms with Crippen LogP contribution in [0.5, 0.6) is 0 Å². The number of benzene rings is 1. The molecular weight excluding hydrogens is 260 g/mol. The summed E-state index contributed by atoms with van der Waals surface area (Å²) in [5.41, 5.74) is 0.803. The van der Waals surface area contributed by atoms with Gasteiger partial charge in [0, 0.05) is 29.7 Å². The van der Waals surface area contributed by atoms with Gasteiger partial charge in [-0.15, -0.1) is 0 Å². The van der Waals surface area contributed by atoms with Crippen LogP contribution in [0.3, 0.4) is 0 Å². The maximum atomic E-state index is 10.2. The summed E-state index contributed by atoms with van der Waals surface area (Å²) in [7, 11) is 2.16. The lowest BCUT2D eigenvalue weighted by atomic mass is 9.94. The first-order chi connectivity index (χ1) is 9.08. The van der Waals surface area contributed by atoms with Gasteiger partial charge < -0.3 is 15.3 Å². The predicted octanol–water partition coefficient (Wildman–Crippen LogP) is 2.30. The number of aliphatic hydroxyl groups excluding tert-OH is 1. The van der Waals surface area contributed by atoms with Gasteiger partial charge in [0.1, 0.15) is 0 Å². The highest BCUT2D eigenvalue weighted by atomic mass is 35.5. The third-order valence-corrected chi connectivity index (χ3v) is 4.29. The number of aliphatic hydroxyl groups is 1. The van der Waals surface area contributed by atoms with E-state index in [9.17, 15) is 5.11 Å². The van der Waals surface area contributed by atoms with Crippen LogP contribution >= 0.6 is 11.6 Å². The summed E-state index contributed by atoms with van der Waals surface area (Å²) in [6, 6.07) is 7.96. The summed E-state index contributed by atoms with van der Waals surface area (Å²) in [5.74, 6) is 0.609. The molecule has 19 heavy (non-hydrogen) atoms. The minimum Gasteiger partial charge on any atom is -0.387 e. The molecule has 4 heteroatoms. The molecule has 1 aromatic carbocycles. The largest absolute Gasteiger partial charge is 0.387 e. The molecule has 2 N–H and O–H groups in total. The van der Waals surface area contributed by atoms with E-state index in [2.05, 4.69) is 24.2 Å². The van der Waals surface area contributed by atoms with Crippen molar-refractivity contribution in [1.82, 2.24) is 10.2 Å². The van der Waals surface area contributed by atoms with Gasteiger partial charge in [0.2, 0.25) is 0 Å². The van der Waals surface area contributed by atoms with E-state index >= 15 is 0 Å². The molecule has 0 aromatic heterocycles. The van der Waals surface area contributed by atoms with E-state index in [1.165, 1.54) is 0 Å². The van der Waals surface area contributed by atoms with E-state index in [1.54, 1.807) is 0 Å². The van der Waals surface area contributed by atoms with Crippen molar-refractivity contribution in [2.45, 2.75) is 25.5 Å². The first-order valence-corrected chi connectivity index (χ1v) is 7.30. The molecule has 1 aliphatic rings. The van der Waals surface area contributed by atoms with Crippen molar-refractivity contribution >= 4 is 11.6 Å². The van der Waals surface area contributed by atoms with Crippen LogP contribution in [0.4, 0.5) is 0 Å². The van der Waals surface area contributed by atoms with Crippen LogP contribution in [0.2, 0.25) is 5.02 Å². The van der Waals surface area contributed by atoms with E-state index in [1.807, 2.05) is 24.3 Å². The number of hydrogen-bond acceptors (Lipinski definition) is 3. The van der Waals surface area contributed by atoms with Crippen LogP contribution in [0.1, 0.15) is 25.0 Å². The molecular formula is C15H23ClN2O. The van der Waals surface area contributed by atoms with Crippen molar-refractivity contribution in [3.8, 4) is 0 Å². The minimum absolute atomic E-state index is 0.480. The summed E-state index contributed by atoms with van der Waals surface area (Å²) in [6.07, 6.45) is 0.591. The standard InChI is InChI=1S/C15H23ClN2O/c1-11-10-18(2)8-7-14(11)17-9-15(19)12-5-3-4-6-13(12)16/h3-6,11,14-15,17,19H,7-10H2,1-2H3. The Morgan fingerprint density at radius 1 is 1.47 bits per heavy atom. The van der Waals surface area contributed by atoms with Crippen LogP contribution in [0.15, 0.2) is 24.3 Å². The van der Waals surface area contributed by atoms with Crippen molar-refractivity contribution < 1.29 is 5.11 Å². The number of nitrogens with one attached hydrogen (secondary N) is 1. The molecule has 0 bridgehead atoms. The Kier molecular flexibility index (Phi) is 5.22. The zero-order valence-electron chi connectivity index (χ0n) is 11.6. The van der Waals surface area contributed by atoms with Crippen LogP contribution in [-0.4, -0.2) is 42.7 Å². The number of rotatable bonds is 4. The zero-order valence-corrected chi connectivity index (χ0v) is 12.4. The third kappa shape index (κ3) is 3.93. The van der Waals surface area contributed by atoms with Crippen molar-refractivity contribution in [3.63, 3.8) is 0 Å². The molecule has 0 amide bonds. The SMILES string of the molecule is CC1CN(C)CCC1NCC(O)c1ccccc1Cl. The number of likely N-dealkylation sites (tertiary alicyclic amines) is 1. The Hall–Kier alpha value is -0.610. The van der Waals surface area contributed by atoms with Gasteiger partial charge in [-0.1, -0.05) is 36.7 Å². The summed E-state index contributed by atoms with van der Waals surface area (Å²) in [5, 5.41) is 14.3. The maximum absolute atomic E-state index is 10.2. The molecule has 2 rings (SSSR count). The van der Waals surface area contributed by atoms with Crippen LogP contribution in [0.25, 0.3) is 0 Å². The van der Waals surface area contributed by atoms with Gasteiger partial charge >= 0.3 is 0 Å². The molecule has 0 radical (unpaired) electrons. The number of hydrogen-bond donors (Lipinski definition) is 2. The van der Waals surface area contributed by atoms with Gasteiger partial charge in [-0.2, -0.15) is 0 Å². The van der Waals surface area contributed by atoms with E-state index in [-0.39, 0.29) is 0 Å². The number of halogens is 1. The Balaban J connectivity index is 1.87. The smallest absolute Gasteiger partial charge is 0.0928 e. The molecule has 1 aromatic rings. The highest BCUT2D eigenvalue weighted by Crippen LogP contribution is 2.23. The van der Waals surface area contributed by atoms with Gasteiger partial charge in [0.05, 0.1) is 6.10 Å². The molecule has 0 aliphatic carbocycles. The highest BCUT2D eigenvalue weighted by Gasteiger charge is 2.24. The van der Waals surface area contributed by atoms with Gasteiger partial charge in [-0.05, 0) is 32.0 Å². The topological polar surface area (TPSA) is 35.5 Å². The van der Waals surface area contributed by atoms with Crippen LogP contribution < -0.4 is 5.32 Å². The van der Waals surface area contributed by atoms with E-state index in [4.69, 9.17) is 11.6 Å². The fourth-order valence-electron chi connectivity index (χ4n) is 2.78. The molecule has 3 unspecified atom stereocenters. The van der Waals surface area contributed by atoms with Crippen LogP contribution in [-0.2, 0) is 0 Å². The molecule has 3 atom stereocenters. The van der Waals surface area contributed by atoms with E-state index in [0.717, 1.165) is 25.1 Å². The molecule has 0 spiro atoms. The summed E-state index contributed by atoms with van der Waals surface area (Å²) in [6.45, 7) is 5.04. The quantitative estimate of drug-likeness (QED) is 0.890. The second-order valence-corrected chi connectivity index (χ2v) is 5.99. The molecule has 106 valence electrons. The number of nitrogens with zero attached hydrogens (tertiary/aromatic N) is 1. The zero-order chi connectivity index (χ0) is 13.8. The molecule has 1 fully saturated rings. The van der Waals surface area contributed by atoms with Gasteiger partial charge in [0.15, 0.2) is 0 Å². The number of piperidine rings is 1. The summed E-state index contributed by atoms with van der Waals surface area (Å²) in [4.78, 5) is 2.35. The predicted molar refractivity (Wildman–Crippen MR) is 79.5 cm³/mol. The average molecular weight is 283 g/mol. The first kappa shape index (κ1) is 14.8. The average Bonchev–Trinajstić information content (AvgIpc) is 2.38. The first-order valence-electron chi connectivity index (χ1n) is 6.92. The minimum atomic E-state index is -0.541. The van der Waals surface area contributed by atoms with Gasteiger partial charge in [0.25, 0.3) is 0 Å². The third-order valence-electron chi connectivity index (χ3n) is 3.95. The van der Waals surface area contributed by atoms with Crippen LogP contribution in [0, 0.1) is 5.92 Å². The second-order valence-electron chi connectivity index (χ2n) is 5.58. The Bertz CT molecular complexity index is 413. The maximum Gasteiger partial charge on any atom is 0.0928 e. The fourth-order valence-corrected chi connectivity index (χ4v) is 3.04. The molecule has 1 heterocycles. The Morgan fingerprint density at radius 2 is 2.21 bits per heavy atom. The van der Waals surface area contributed by atoms with Gasteiger partial charge in [-0.3, -0.25) is 0 Å². The Morgan fingerprint density at radius 3 is 2.89 bits per heavy atom. The Labute approximate surface area is 120 Å². The molecule has 0 saturated carbocycles. The fraction of sp³-hybridized carbons (Fsp3) is 0.600. The van der Waals surface area contributed by atoms with Crippen molar-refractivity contribution in [2.75, 3.05) is 26.7 Å². The van der Waals surface area contributed by atoms with Crippen molar-refractivity contribution in [1.29, 1.82) is 0 Å². The normalized spacial score (nSPS) is 26.3. The molecule has 1 saturated heterocycles. The molecule has 1 aliphatic heterocycles. The highest BCUT2D eigenvalue weighted by molar-refractivity contribution is 6.31. The van der Waals surface area contributed by atoms with E-state index < -0.39 is 6.10 Å². The lowest BCUT2D eigenvalue weighted by Gasteiger charge is -2.35. The summed E-state index contributed by atoms with van der Waals surface area (Å²) >= 11 is 6.09. The molecule has 3 nitrogen and oxygen atoms in total. The van der Waals surface area contributed by atoms with Gasteiger partial charge in [-0.25, -0.2) is 0 Å². The summed E-state index contributed by atoms with van der Waals surface area (Å²) < 4.78 is 0.